The third kappa shape index (κ3) is 5.86. The Morgan fingerprint density at radius 1 is 1.25 bits per heavy atom. The molecule has 0 saturated carbocycles. The molecule has 4 unspecified atom stereocenters. The SMILES string of the molecule is CCOC(=O)C(CCc1ccccc1)N[C@@H](C)C(=O)N1CCC2CCOCC2C1C(=O)O. The van der Waals surface area contributed by atoms with Crippen LogP contribution in [-0.4, -0.2) is 72.3 Å². The van der Waals surface area contributed by atoms with Gasteiger partial charge >= 0.3 is 11.9 Å². The van der Waals surface area contributed by atoms with Gasteiger partial charge in [-0.2, -0.15) is 0 Å². The maximum atomic E-state index is 13.3. The molecular weight excluding hydrogens is 412 g/mol. The number of nitrogens with zero attached hydrogens (tertiary/aromatic N) is 1. The van der Waals surface area contributed by atoms with Crippen LogP contribution in [0.3, 0.4) is 0 Å². The van der Waals surface area contributed by atoms with Crippen LogP contribution in [0, 0.1) is 11.8 Å². The smallest absolute Gasteiger partial charge is 0.326 e. The van der Waals surface area contributed by atoms with Crippen LogP contribution < -0.4 is 5.32 Å². The summed E-state index contributed by atoms with van der Waals surface area (Å²) in [5.41, 5.74) is 1.09. The molecule has 2 fully saturated rings. The molecule has 1 aromatic carbocycles. The molecule has 2 saturated heterocycles. The van der Waals surface area contributed by atoms with E-state index < -0.39 is 30.1 Å². The van der Waals surface area contributed by atoms with Crippen molar-refractivity contribution in [3.05, 3.63) is 35.9 Å². The zero-order valence-electron chi connectivity index (χ0n) is 18.9. The Balaban J connectivity index is 1.68. The molecule has 1 amide bonds. The largest absolute Gasteiger partial charge is 0.480 e. The molecule has 176 valence electrons. The van der Waals surface area contributed by atoms with E-state index in [9.17, 15) is 19.5 Å². The number of carboxylic acids is 1. The van der Waals surface area contributed by atoms with E-state index in [-0.39, 0.29) is 24.3 Å². The number of benzene rings is 1. The highest BCUT2D eigenvalue weighted by molar-refractivity contribution is 5.88. The van der Waals surface area contributed by atoms with Crippen molar-refractivity contribution in [3.63, 3.8) is 0 Å². The predicted molar refractivity (Wildman–Crippen MR) is 118 cm³/mol. The molecule has 0 aromatic heterocycles. The molecule has 0 radical (unpaired) electrons. The maximum Gasteiger partial charge on any atom is 0.326 e. The summed E-state index contributed by atoms with van der Waals surface area (Å²) in [5.74, 6) is -1.66. The number of amides is 1. The van der Waals surface area contributed by atoms with Crippen LogP contribution in [0.4, 0.5) is 0 Å². The van der Waals surface area contributed by atoms with Crippen LogP contribution in [0.15, 0.2) is 30.3 Å². The third-order valence-electron chi connectivity index (χ3n) is 6.52. The van der Waals surface area contributed by atoms with Crippen molar-refractivity contribution in [1.82, 2.24) is 10.2 Å². The fourth-order valence-electron chi connectivity index (χ4n) is 4.84. The average Bonchev–Trinajstić information content (AvgIpc) is 2.80. The van der Waals surface area contributed by atoms with Gasteiger partial charge in [0.1, 0.15) is 12.1 Å². The topological polar surface area (TPSA) is 105 Å². The Morgan fingerprint density at radius 2 is 2.00 bits per heavy atom. The van der Waals surface area contributed by atoms with Gasteiger partial charge in [-0.1, -0.05) is 30.3 Å². The number of aliphatic carboxylic acids is 1. The summed E-state index contributed by atoms with van der Waals surface area (Å²) in [6.07, 6.45) is 2.72. The molecule has 2 aliphatic rings. The second-order valence-corrected chi connectivity index (χ2v) is 8.61. The number of carboxylic acid groups (broad SMARTS) is 1. The van der Waals surface area contributed by atoms with E-state index in [4.69, 9.17) is 9.47 Å². The van der Waals surface area contributed by atoms with Crippen LogP contribution in [0.2, 0.25) is 0 Å². The molecule has 2 N–H and O–H groups in total. The minimum atomic E-state index is -1.00. The minimum Gasteiger partial charge on any atom is -0.480 e. The zero-order valence-corrected chi connectivity index (χ0v) is 18.9. The Kier molecular flexibility index (Phi) is 8.64. The Labute approximate surface area is 189 Å². The quantitative estimate of drug-likeness (QED) is 0.558. The first-order valence-corrected chi connectivity index (χ1v) is 11.5. The number of esters is 1. The third-order valence-corrected chi connectivity index (χ3v) is 6.52. The molecule has 5 atom stereocenters. The number of ether oxygens (including phenoxy) is 2. The van der Waals surface area contributed by atoms with Gasteiger partial charge in [-0.05, 0) is 51.0 Å². The number of likely N-dealkylation sites (tertiary alicyclic amines) is 1. The second-order valence-electron chi connectivity index (χ2n) is 8.61. The lowest BCUT2D eigenvalue weighted by Crippen LogP contribution is -2.61. The summed E-state index contributed by atoms with van der Waals surface area (Å²) in [7, 11) is 0. The van der Waals surface area contributed by atoms with Gasteiger partial charge in [-0.25, -0.2) is 4.79 Å². The Bertz CT molecular complexity index is 786. The van der Waals surface area contributed by atoms with Crippen molar-refractivity contribution in [1.29, 1.82) is 0 Å². The molecule has 32 heavy (non-hydrogen) atoms. The summed E-state index contributed by atoms with van der Waals surface area (Å²) in [6, 6.07) is 7.52. The van der Waals surface area contributed by atoms with E-state index in [1.165, 1.54) is 4.90 Å². The highest BCUT2D eigenvalue weighted by atomic mass is 16.5. The summed E-state index contributed by atoms with van der Waals surface area (Å²) < 4.78 is 10.7. The first kappa shape index (κ1) is 24.2. The van der Waals surface area contributed by atoms with E-state index in [1.54, 1.807) is 13.8 Å². The zero-order chi connectivity index (χ0) is 23.1. The highest BCUT2D eigenvalue weighted by Gasteiger charge is 2.46. The second kappa shape index (κ2) is 11.4. The lowest BCUT2D eigenvalue weighted by Gasteiger charge is -2.46. The number of carbonyl (C=O) groups is 3. The number of fused-ring (bicyclic) bond motifs is 1. The van der Waals surface area contributed by atoms with Crippen molar-refractivity contribution in [2.24, 2.45) is 11.8 Å². The van der Waals surface area contributed by atoms with Gasteiger partial charge in [0, 0.05) is 19.1 Å². The summed E-state index contributed by atoms with van der Waals surface area (Å²) in [4.78, 5) is 39.4. The Morgan fingerprint density at radius 3 is 2.69 bits per heavy atom. The first-order valence-electron chi connectivity index (χ1n) is 11.5. The van der Waals surface area contributed by atoms with Crippen molar-refractivity contribution >= 4 is 17.8 Å². The van der Waals surface area contributed by atoms with Crippen LogP contribution in [0.25, 0.3) is 0 Å². The lowest BCUT2D eigenvalue weighted by molar-refractivity contribution is -0.163. The van der Waals surface area contributed by atoms with Gasteiger partial charge in [-0.15, -0.1) is 0 Å². The number of piperidine rings is 1. The molecule has 0 bridgehead atoms. The van der Waals surface area contributed by atoms with E-state index >= 15 is 0 Å². The van der Waals surface area contributed by atoms with Gasteiger partial charge in [0.15, 0.2) is 0 Å². The monoisotopic (exact) mass is 446 g/mol. The number of hydrogen-bond acceptors (Lipinski definition) is 6. The number of aryl methyl sites for hydroxylation is 1. The van der Waals surface area contributed by atoms with E-state index in [2.05, 4.69) is 5.32 Å². The molecule has 8 heteroatoms. The molecule has 3 rings (SSSR count). The van der Waals surface area contributed by atoms with Crippen LogP contribution in [0.5, 0.6) is 0 Å². The number of nitrogens with one attached hydrogen (secondary N) is 1. The molecular formula is C24H34N2O6. The molecule has 1 aromatic rings. The number of hydrogen-bond donors (Lipinski definition) is 2. The molecule has 0 spiro atoms. The van der Waals surface area contributed by atoms with Gasteiger partial charge in [0.05, 0.1) is 19.3 Å². The normalized spacial score (nSPS) is 24.8. The van der Waals surface area contributed by atoms with E-state index in [1.807, 2.05) is 30.3 Å². The molecule has 8 nitrogen and oxygen atoms in total. The molecule has 2 heterocycles. The average molecular weight is 447 g/mol. The summed E-state index contributed by atoms with van der Waals surface area (Å²) in [6.45, 7) is 5.07. The van der Waals surface area contributed by atoms with Gasteiger partial charge in [0.25, 0.3) is 0 Å². The standard InChI is InChI=1S/C24H34N2O6/c1-3-32-24(30)20(10-9-17-7-5-4-6-8-17)25-16(2)22(27)26-13-11-18-12-14-31-15-19(18)21(26)23(28)29/h4-8,16,18-21,25H,3,9-15H2,1-2H3,(H,28,29)/t16-,18?,19?,20?,21?/m0/s1. The maximum absolute atomic E-state index is 13.3. The lowest BCUT2D eigenvalue weighted by atomic mass is 9.77. The van der Waals surface area contributed by atoms with E-state index in [0.717, 1.165) is 18.4 Å². The van der Waals surface area contributed by atoms with Crippen LogP contribution >= 0.6 is 0 Å². The van der Waals surface area contributed by atoms with Gasteiger partial charge in [0.2, 0.25) is 5.91 Å². The van der Waals surface area contributed by atoms with Crippen molar-refractivity contribution in [2.45, 2.75) is 57.7 Å². The number of carbonyl (C=O) groups excluding carboxylic acids is 2. The van der Waals surface area contributed by atoms with Gasteiger partial charge in [-0.3, -0.25) is 14.9 Å². The van der Waals surface area contributed by atoms with Crippen molar-refractivity contribution in [2.75, 3.05) is 26.4 Å². The van der Waals surface area contributed by atoms with E-state index in [0.29, 0.717) is 32.6 Å². The van der Waals surface area contributed by atoms with Gasteiger partial charge < -0.3 is 19.5 Å². The molecule has 0 aliphatic carbocycles. The van der Waals surface area contributed by atoms with Crippen molar-refractivity contribution < 1.29 is 29.0 Å². The highest BCUT2D eigenvalue weighted by Crippen LogP contribution is 2.35. The summed E-state index contributed by atoms with van der Waals surface area (Å²) >= 11 is 0. The fraction of sp³-hybridized carbons (Fsp3) is 0.625. The van der Waals surface area contributed by atoms with Crippen LogP contribution in [-0.2, 0) is 30.3 Å². The summed E-state index contributed by atoms with van der Waals surface area (Å²) in [5, 5.41) is 13.0. The van der Waals surface area contributed by atoms with Crippen molar-refractivity contribution in [3.8, 4) is 0 Å². The first-order chi connectivity index (χ1) is 15.4. The molecule has 2 aliphatic heterocycles. The Hall–Kier alpha value is -2.45. The predicted octanol–water partition coefficient (Wildman–Crippen LogP) is 1.87. The number of rotatable bonds is 9. The van der Waals surface area contributed by atoms with Crippen LogP contribution in [0.1, 0.15) is 38.7 Å². The minimum absolute atomic E-state index is 0.204. The fourth-order valence-corrected chi connectivity index (χ4v) is 4.84.